The minimum Gasteiger partial charge on any atom is -0.444 e. The second kappa shape index (κ2) is 3.92. The topological polar surface area (TPSA) is 60.2 Å². The van der Waals surface area contributed by atoms with E-state index in [9.17, 15) is 8.42 Å². The van der Waals surface area contributed by atoms with Gasteiger partial charge in [0.15, 0.2) is 0 Å². The predicted molar refractivity (Wildman–Crippen MR) is 59.7 cm³/mol. The molecule has 0 atom stereocenters. The van der Waals surface area contributed by atoms with Crippen LogP contribution in [0.2, 0.25) is 0 Å². The van der Waals surface area contributed by atoms with Crippen LogP contribution in [0.25, 0.3) is 11.5 Å². The van der Waals surface area contributed by atoms with Crippen LogP contribution in [0.5, 0.6) is 0 Å². The number of aryl methyl sites for hydroxylation is 1. The standard InChI is InChI=1S/C10H8ClNO3S/c1-7-6-15-10(12-7)8-3-2-4-9(5-8)16(11,13)14/h2-6H,1H3. The molecule has 0 aliphatic heterocycles. The maximum Gasteiger partial charge on any atom is 0.261 e. The maximum absolute atomic E-state index is 11.1. The molecule has 1 aromatic heterocycles. The number of aromatic nitrogens is 1. The van der Waals surface area contributed by atoms with Crippen LogP contribution in [-0.4, -0.2) is 13.4 Å². The smallest absolute Gasteiger partial charge is 0.261 e. The molecular weight excluding hydrogens is 250 g/mol. The molecule has 0 fully saturated rings. The molecule has 2 rings (SSSR count). The number of rotatable bonds is 2. The van der Waals surface area contributed by atoms with Crippen molar-refractivity contribution in [3.8, 4) is 11.5 Å². The van der Waals surface area contributed by atoms with E-state index in [0.717, 1.165) is 5.69 Å². The molecule has 0 radical (unpaired) electrons. The van der Waals surface area contributed by atoms with Crippen LogP contribution >= 0.6 is 10.7 Å². The zero-order valence-electron chi connectivity index (χ0n) is 8.34. The molecule has 0 unspecified atom stereocenters. The molecule has 0 aliphatic rings. The van der Waals surface area contributed by atoms with Crippen LogP contribution < -0.4 is 0 Å². The Hall–Kier alpha value is -1.33. The first kappa shape index (κ1) is 11.2. The first-order valence-corrected chi connectivity index (χ1v) is 6.75. The largest absolute Gasteiger partial charge is 0.444 e. The van der Waals surface area contributed by atoms with Gasteiger partial charge in [-0.15, -0.1) is 0 Å². The van der Waals surface area contributed by atoms with E-state index in [1.54, 1.807) is 19.1 Å². The number of hydrogen-bond donors (Lipinski definition) is 0. The zero-order chi connectivity index (χ0) is 11.8. The molecule has 84 valence electrons. The van der Waals surface area contributed by atoms with Crippen molar-refractivity contribution in [2.24, 2.45) is 0 Å². The van der Waals surface area contributed by atoms with Gasteiger partial charge in [-0.2, -0.15) is 0 Å². The third-order valence-corrected chi connectivity index (χ3v) is 3.33. The van der Waals surface area contributed by atoms with Gasteiger partial charge in [0, 0.05) is 16.2 Å². The maximum atomic E-state index is 11.1. The van der Waals surface area contributed by atoms with Gasteiger partial charge in [-0.3, -0.25) is 0 Å². The molecule has 2 aromatic rings. The number of halogens is 1. The Morgan fingerprint density at radius 3 is 2.69 bits per heavy atom. The Morgan fingerprint density at radius 1 is 1.38 bits per heavy atom. The van der Waals surface area contributed by atoms with Gasteiger partial charge in [0.2, 0.25) is 5.89 Å². The van der Waals surface area contributed by atoms with Gasteiger partial charge in [0.05, 0.1) is 10.6 Å². The highest BCUT2D eigenvalue weighted by atomic mass is 35.7. The summed E-state index contributed by atoms with van der Waals surface area (Å²) in [5.41, 5.74) is 1.31. The normalized spacial score (nSPS) is 11.6. The average Bonchev–Trinajstić information content (AvgIpc) is 2.64. The monoisotopic (exact) mass is 257 g/mol. The average molecular weight is 258 g/mol. The van der Waals surface area contributed by atoms with Crippen molar-refractivity contribution in [1.82, 2.24) is 4.98 Å². The first-order valence-electron chi connectivity index (χ1n) is 4.44. The fourth-order valence-corrected chi connectivity index (χ4v) is 2.06. The number of nitrogens with zero attached hydrogens (tertiary/aromatic N) is 1. The van der Waals surface area contributed by atoms with Gasteiger partial charge >= 0.3 is 0 Å². The minimum atomic E-state index is -3.72. The van der Waals surface area contributed by atoms with Gasteiger partial charge in [-0.1, -0.05) is 6.07 Å². The van der Waals surface area contributed by atoms with Crippen molar-refractivity contribution in [2.75, 3.05) is 0 Å². The first-order chi connectivity index (χ1) is 7.47. The summed E-state index contributed by atoms with van der Waals surface area (Å²) in [6, 6.07) is 6.14. The van der Waals surface area contributed by atoms with Crippen molar-refractivity contribution in [2.45, 2.75) is 11.8 Å². The Bertz CT molecular complexity index is 618. The van der Waals surface area contributed by atoms with Crippen molar-refractivity contribution >= 4 is 19.7 Å². The predicted octanol–water partition coefficient (Wildman–Crippen LogP) is 2.58. The lowest BCUT2D eigenvalue weighted by atomic mass is 10.2. The lowest BCUT2D eigenvalue weighted by Crippen LogP contribution is -1.90. The Balaban J connectivity index is 2.52. The second-order valence-electron chi connectivity index (χ2n) is 3.26. The highest BCUT2D eigenvalue weighted by Gasteiger charge is 2.12. The fourth-order valence-electron chi connectivity index (χ4n) is 1.27. The van der Waals surface area contributed by atoms with Crippen molar-refractivity contribution < 1.29 is 12.8 Å². The molecule has 0 saturated carbocycles. The van der Waals surface area contributed by atoms with Crippen LogP contribution in [0.4, 0.5) is 0 Å². The van der Waals surface area contributed by atoms with E-state index in [1.165, 1.54) is 18.4 Å². The van der Waals surface area contributed by atoms with Gasteiger partial charge in [-0.05, 0) is 25.1 Å². The van der Waals surface area contributed by atoms with Gasteiger partial charge in [-0.25, -0.2) is 13.4 Å². The van der Waals surface area contributed by atoms with Gasteiger partial charge in [0.1, 0.15) is 6.26 Å². The van der Waals surface area contributed by atoms with E-state index in [-0.39, 0.29) is 4.90 Å². The molecule has 1 aromatic carbocycles. The molecule has 0 bridgehead atoms. The Labute approximate surface area is 97.3 Å². The van der Waals surface area contributed by atoms with Crippen LogP contribution in [0.1, 0.15) is 5.69 Å². The van der Waals surface area contributed by atoms with E-state index in [4.69, 9.17) is 15.1 Å². The molecule has 0 amide bonds. The summed E-state index contributed by atoms with van der Waals surface area (Å²) < 4.78 is 27.4. The summed E-state index contributed by atoms with van der Waals surface area (Å²) in [5.74, 6) is 0.375. The summed E-state index contributed by atoms with van der Waals surface area (Å²) in [4.78, 5) is 4.13. The van der Waals surface area contributed by atoms with Gasteiger partial charge < -0.3 is 4.42 Å². The van der Waals surface area contributed by atoms with E-state index < -0.39 is 9.05 Å². The number of benzene rings is 1. The molecule has 0 aliphatic carbocycles. The molecule has 16 heavy (non-hydrogen) atoms. The van der Waals surface area contributed by atoms with Crippen LogP contribution in [0.3, 0.4) is 0 Å². The Morgan fingerprint density at radius 2 is 2.12 bits per heavy atom. The SMILES string of the molecule is Cc1coc(-c2cccc(S(=O)(=O)Cl)c2)n1. The lowest BCUT2D eigenvalue weighted by molar-refractivity contribution is 0.573. The lowest BCUT2D eigenvalue weighted by Gasteiger charge is -1.98. The van der Waals surface area contributed by atoms with Crippen LogP contribution in [0, 0.1) is 6.92 Å². The summed E-state index contributed by atoms with van der Waals surface area (Å²) in [7, 11) is 1.52. The van der Waals surface area contributed by atoms with Crippen molar-refractivity contribution in [1.29, 1.82) is 0 Å². The molecule has 0 N–H and O–H groups in total. The highest BCUT2D eigenvalue weighted by molar-refractivity contribution is 8.13. The Kier molecular flexibility index (Phi) is 2.73. The van der Waals surface area contributed by atoms with Crippen molar-refractivity contribution in [3.05, 3.63) is 36.2 Å². The van der Waals surface area contributed by atoms with Crippen LogP contribution in [-0.2, 0) is 9.05 Å². The molecule has 1 heterocycles. The molecular formula is C10H8ClNO3S. The third-order valence-electron chi connectivity index (χ3n) is 1.98. The van der Waals surface area contributed by atoms with Crippen LogP contribution in [0.15, 0.2) is 39.8 Å². The highest BCUT2D eigenvalue weighted by Crippen LogP contribution is 2.23. The van der Waals surface area contributed by atoms with E-state index in [2.05, 4.69) is 4.98 Å². The zero-order valence-corrected chi connectivity index (χ0v) is 9.92. The quantitative estimate of drug-likeness (QED) is 0.776. The van der Waals surface area contributed by atoms with Gasteiger partial charge in [0.25, 0.3) is 9.05 Å². The van der Waals surface area contributed by atoms with E-state index in [1.807, 2.05) is 0 Å². The third kappa shape index (κ3) is 2.25. The summed E-state index contributed by atoms with van der Waals surface area (Å²) >= 11 is 0. The van der Waals surface area contributed by atoms with E-state index >= 15 is 0 Å². The molecule has 6 heteroatoms. The van der Waals surface area contributed by atoms with Crippen molar-refractivity contribution in [3.63, 3.8) is 0 Å². The minimum absolute atomic E-state index is 0.0301. The molecule has 0 saturated heterocycles. The number of hydrogen-bond acceptors (Lipinski definition) is 4. The summed E-state index contributed by atoms with van der Waals surface area (Å²) in [6.07, 6.45) is 1.50. The second-order valence-corrected chi connectivity index (χ2v) is 5.83. The van der Waals surface area contributed by atoms with E-state index in [0.29, 0.717) is 11.5 Å². The number of oxazole rings is 1. The summed E-state index contributed by atoms with van der Waals surface area (Å²) in [5, 5.41) is 0. The fraction of sp³-hybridized carbons (Fsp3) is 0.100. The summed E-state index contributed by atoms with van der Waals surface area (Å²) in [6.45, 7) is 1.79. The molecule has 0 spiro atoms. The molecule has 4 nitrogen and oxygen atoms in total.